The fraction of sp³-hybridized carbons (Fsp3) is 0.0769. The van der Waals surface area contributed by atoms with E-state index in [9.17, 15) is 4.79 Å². The molecule has 0 radical (unpaired) electrons. The largest absolute Gasteiger partial charge is 0.497 e. The number of para-hydroxylation sites is 1. The monoisotopic (exact) mass is 469 g/mol. The molecule has 1 amide bonds. The third-order valence-electron chi connectivity index (χ3n) is 4.77. The molecule has 4 rings (SSSR count). The lowest BCUT2D eigenvalue weighted by atomic mass is 10.2. The maximum Gasteiger partial charge on any atom is 0.250 e. The molecule has 0 aliphatic rings. The SMILES string of the molecule is COc1ccc(-c2nnc(SCC(=O)N/N=C\C=C\c3ccccc3)n2-c2ccccc2)cc1. The normalized spacial score (nSPS) is 11.2. The summed E-state index contributed by atoms with van der Waals surface area (Å²) < 4.78 is 7.19. The highest BCUT2D eigenvalue weighted by Gasteiger charge is 2.17. The van der Waals surface area contributed by atoms with Crippen molar-refractivity contribution in [2.75, 3.05) is 12.9 Å². The van der Waals surface area contributed by atoms with E-state index in [1.807, 2.05) is 95.6 Å². The van der Waals surface area contributed by atoms with Gasteiger partial charge in [0.25, 0.3) is 5.91 Å². The number of methoxy groups -OCH3 is 1. The van der Waals surface area contributed by atoms with Crippen molar-refractivity contribution in [2.45, 2.75) is 5.16 Å². The lowest BCUT2D eigenvalue weighted by molar-refractivity contribution is -0.118. The van der Waals surface area contributed by atoms with Crippen molar-refractivity contribution in [1.82, 2.24) is 20.2 Å². The third-order valence-corrected chi connectivity index (χ3v) is 5.70. The Morgan fingerprint density at radius 3 is 2.41 bits per heavy atom. The summed E-state index contributed by atoms with van der Waals surface area (Å²) in [7, 11) is 1.63. The van der Waals surface area contributed by atoms with Crippen molar-refractivity contribution >= 4 is 30.0 Å². The Morgan fingerprint density at radius 2 is 1.71 bits per heavy atom. The first-order valence-electron chi connectivity index (χ1n) is 10.6. The number of nitrogens with one attached hydrogen (secondary N) is 1. The molecular weight excluding hydrogens is 446 g/mol. The average Bonchev–Trinajstić information content (AvgIpc) is 3.32. The van der Waals surface area contributed by atoms with Crippen LogP contribution in [0.5, 0.6) is 5.75 Å². The second-order valence-corrected chi connectivity index (χ2v) is 8.02. The van der Waals surface area contributed by atoms with Gasteiger partial charge in [-0.3, -0.25) is 9.36 Å². The molecule has 0 aliphatic heterocycles. The van der Waals surface area contributed by atoms with Crippen LogP contribution in [-0.4, -0.2) is 39.7 Å². The lowest BCUT2D eigenvalue weighted by Gasteiger charge is -2.10. The lowest BCUT2D eigenvalue weighted by Crippen LogP contribution is -2.19. The maximum atomic E-state index is 12.3. The molecule has 0 unspecified atom stereocenters. The number of benzene rings is 3. The third kappa shape index (κ3) is 5.99. The van der Waals surface area contributed by atoms with E-state index >= 15 is 0 Å². The molecule has 34 heavy (non-hydrogen) atoms. The van der Waals surface area contributed by atoms with Gasteiger partial charge in [0.05, 0.1) is 12.9 Å². The number of amides is 1. The standard InChI is InChI=1S/C26H23N5O2S/c1-33-23-16-14-21(15-17-23)25-29-30-26(31(25)22-12-6-3-7-13-22)34-19-24(32)28-27-18-8-11-20-9-4-2-5-10-20/h2-18H,19H2,1H3,(H,28,32)/b11-8+,27-18-. The van der Waals surface area contributed by atoms with Crippen molar-refractivity contribution in [3.05, 3.63) is 96.6 Å². The second-order valence-electron chi connectivity index (χ2n) is 7.08. The zero-order valence-corrected chi connectivity index (χ0v) is 19.4. The Hall–Kier alpha value is -4.17. The number of hydrogen-bond donors (Lipinski definition) is 1. The van der Waals surface area contributed by atoms with Crippen LogP contribution in [0.25, 0.3) is 23.2 Å². The van der Waals surface area contributed by atoms with E-state index in [1.165, 1.54) is 11.8 Å². The Balaban J connectivity index is 1.44. The minimum atomic E-state index is -0.233. The number of aromatic nitrogens is 3. The van der Waals surface area contributed by atoms with Gasteiger partial charge in [-0.2, -0.15) is 5.10 Å². The summed E-state index contributed by atoms with van der Waals surface area (Å²) in [5.74, 6) is 1.36. The summed E-state index contributed by atoms with van der Waals surface area (Å²) in [5.41, 5.74) is 5.40. The molecule has 8 heteroatoms. The van der Waals surface area contributed by atoms with E-state index < -0.39 is 0 Å². The summed E-state index contributed by atoms with van der Waals surface area (Å²) in [5, 5.41) is 13.3. The van der Waals surface area contributed by atoms with Crippen LogP contribution in [0.2, 0.25) is 0 Å². The van der Waals surface area contributed by atoms with E-state index in [0.29, 0.717) is 11.0 Å². The number of nitrogens with zero attached hydrogens (tertiary/aromatic N) is 4. The predicted octanol–water partition coefficient (Wildman–Crippen LogP) is 4.85. The summed E-state index contributed by atoms with van der Waals surface area (Å²) in [6.07, 6.45) is 5.23. The van der Waals surface area contributed by atoms with Gasteiger partial charge < -0.3 is 4.74 Å². The molecule has 1 heterocycles. The number of allylic oxidation sites excluding steroid dienone is 1. The van der Waals surface area contributed by atoms with Crippen molar-refractivity contribution < 1.29 is 9.53 Å². The van der Waals surface area contributed by atoms with E-state index in [4.69, 9.17) is 4.74 Å². The first kappa shape index (κ1) is 23.0. The summed E-state index contributed by atoms with van der Waals surface area (Å²) >= 11 is 1.29. The van der Waals surface area contributed by atoms with Crippen LogP contribution >= 0.6 is 11.8 Å². The van der Waals surface area contributed by atoms with E-state index in [-0.39, 0.29) is 11.7 Å². The highest BCUT2D eigenvalue weighted by Crippen LogP contribution is 2.28. The van der Waals surface area contributed by atoms with Crippen LogP contribution in [0.1, 0.15) is 5.56 Å². The summed E-state index contributed by atoms with van der Waals surface area (Å²) in [4.78, 5) is 12.3. The van der Waals surface area contributed by atoms with Gasteiger partial charge in [0.1, 0.15) is 5.75 Å². The quantitative estimate of drug-likeness (QED) is 0.215. The Morgan fingerprint density at radius 1 is 1.00 bits per heavy atom. The first-order chi connectivity index (χ1) is 16.7. The van der Waals surface area contributed by atoms with Crippen LogP contribution in [0.15, 0.2) is 101 Å². The summed E-state index contributed by atoms with van der Waals surface area (Å²) in [6.45, 7) is 0. The Labute approximate surface area is 202 Å². The second kappa shape index (κ2) is 11.6. The number of carbonyl (C=O) groups excluding carboxylic acids is 1. The van der Waals surface area contributed by atoms with Gasteiger partial charge >= 0.3 is 0 Å². The van der Waals surface area contributed by atoms with Gasteiger partial charge in [0.15, 0.2) is 11.0 Å². The molecule has 4 aromatic rings. The van der Waals surface area contributed by atoms with Gasteiger partial charge in [-0.05, 0) is 48.0 Å². The molecule has 3 aromatic carbocycles. The number of ether oxygens (including phenoxy) is 1. The van der Waals surface area contributed by atoms with E-state index in [2.05, 4.69) is 20.7 Å². The number of rotatable bonds is 9. The minimum absolute atomic E-state index is 0.146. The highest BCUT2D eigenvalue weighted by molar-refractivity contribution is 7.99. The molecule has 0 bridgehead atoms. The van der Waals surface area contributed by atoms with Crippen molar-refractivity contribution in [1.29, 1.82) is 0 Å². The maximum absolute atomic E-state index is 12.3. The van der Waals surface area contributed by atoms with Crippen LogP contribution in [-0.2, 0) is 4.79 Å². The fourth-order valence-corrected chi connectivity index (χ4v) is 3.88. The molecule has 0 fully saturated rings. The molecule has 7 nitrogen and oxygen atoms in total. The van der Waals surface area contributed by atoms with Gasteiger partial charge in [0.2, 0.25) is 0 Å². The Bertz CT molecular complexity index is 1270. The van der Waals surface area contributed by atoms with Crippen molar-refractivity contribution in [3.8, 4) is 22.8 Å². The minimum Gasteiger partial charge on any atom is -0.497 e. The van der Waals surface area contributed by atoms with E-state index in [0.717, 1.165) is 22.6 Å². The average molecular weight is 470 g/mol. The fourth-order valence-electron chi connectivity index (χ4n) is 3.13. The molecular formula is C26H23N5O2S. The first-order valence-corrected chi connectivity index (χ1v) is 11.5. The molecule has 1 N–H and O–H groups in total. The molecule has 0 saturated carbocycles. The van der Waals surface area contributed by atoms with Crippen LogP contribution in [0.4, 0.5) is 0 Å². The molecule has 0 spiro atoms. The van der Waals surface area contributed by atoms with Gasteiger partial charge in [0, 0.05) is 17.5 Å². The number of carbonyl (C=O) groups is 1. The van der Waals surface area contributed by atoms with Gasteiger partial charge in [-0.15, -0.1) is 10.2 Å². The van der Waals surface area contributed by atoms with E-state index in [1.54, 1.807) is 19.4 Å². The molecule has 0 atom stereocenters. The van der Waals surface area contributed by atoms with Crippen molar-refractivity contribution in [2.24, 2.45) is 5.10 Å². The zero-order chi connectivity index (χ0) is 23.6. The zero-order valence-electron chi connectivity index (χ0n) is 18.5. The molecule has 0 aliphatic carbocycles. The Kier molecular flexibility index (Phi) is 7.86. The molecule has 170 valence electrons. The van der Waals surface area contributed by atoms with Gasteiger partial charge in [-0.25, -0.2) is 5.43 Å². The topological polar surface area (TPSA) is 81.4 Å². The molecule has 0 saturated heterocycles. The number of hydrogen-bond acceptors (Lipinski definition) is 6. The highest BCUT2D eigenvalue weighted by atomic mass is 32.2. The molecule has 1 aromatic heterocycles. The predicted molar refractivity (Wildman–Crippen MR) is 136 cm³/mol. The number of thioether (sulfide) groups is 1. The smallest absolute Gasteiger partial charge is 0.250 e. The van der Waals surface area contributed by atoms with Gasteiger partial charge in [-0.1, -0.05) is 66.4 Å². The van der Waals surface area contributed by atoms with Crippen LogP contribution < -0.4 is 10.2 Å². The van der Waals surface area contributed by atoms with Crippen LogP contribution in [0.3, 0.4) is 0 Å². The van der Waals surface area contributed by atoms with Crippen LogP contribution in [0, 0.1) is 0 Å². The van der Waals surface area contributed by atoms with Crippen molar-refractivity contribution in [3.63, 3.8) is 0 Å². The number of hydrazone groups is 1. The summed E-state index contributed by atoms with van der Waals surface area (Å²) in [6, 6.07) is 27.3.